The zero-order valence-electron chi connectivity index (χ0n) is 2.24. The van der Waals surface area contributed by atoms with Gasteiger partial charge in [0, 0.05) is 5.88 Å². The summed E-state index contributed by atoms with van der Waals surface area (Å²) < 4.78 is 0. The Balaban J connectivity index is 0. The Labute approximate surface area is 52.5 Å². The molecule has 0 aromatic rings. The van der Waals surface area contributed by atoms with Crippen molar-refractivity contribution in [3.05, 3.63) is 0 Å². The number of aliphatic hydroxyl groups is 1. The van der Waals surface area contributed by atoms with Crippen LogP contribution in [-0.4, -0.2) is 40.6 Å². The topological polar surface area (TPSA) is 20.2 Å². The summed E-state index contributed by atoms with van der Waals surface area (Å²) in [7, 11) is 0. The lowest BCUT2D eigenvalue weighted by Crippen LogP contribution is -1.76. The lowest BCUT2D eigenvalue weighted by atomic mass is 10.9. The highest BCUT2D eigenvalue weighted by atomic mass is 35.5. The monoisotopic (exact) mass is 106 g/mol. The van der Waals surface area contributed by atoms with Gasteiger partial charge in [-0.1, -0.05) is 0 Å². The van der Waals surface area contributed by atoms with Gasteiger partial charge in [-0.05, 0) is 0 Å². The van der Waals surface area contributed by atoms with Crippen molar-refractivity contribution in [1.82, 2.24) is 0 Å². The average Bonchev–Trinajstić information content (AvgIpc) is 1.37. The zero-order chi connectivity index (χ0) is 3.41. The molecule has 1 N–H and O–H groups in total. The Hall–Kier alpha value is 1.02. The van der Waals surface area contributed by atoms with Gasteiger partial charge in [0.15, 0.2) is 0 Å². The summed E-state index contributed by atoms with van der Waals surface area (Å²) in [6.07, 6.45) is 0. The Morgan fingerprint density at radius 1 is 1.60 bits per heavy atom. The number of halogens is 1. The second-order valence-electron chi connectivity index (χ2n) is 0.413. The minimum Gasteiger partial charge on any atom is -0.395 e. The fourth-order valence-corrected chi connectivity index (χ4v) is 0. The summed E-state index contributed by atoms with van der Waals surface area (Å²) in [5, 5.41) is 7.74. The molecule has 0 atom stereocenters. The third-order valence-corrected chi connectivity index (χ3v) is 0.254. The Morgan fingerprint density at radius 2 is 1.80 bits per heavy atom. The van der Waals surface area contributed by atoms with Crippen LogP contribution in [0.5, 0.6) is 0 Å². The van der Waals surface area contributed by atoms with Crippen LogP contribution in [-0.2, 0) is 0 Å². The second kappa shape index (κ2) is 8.89. The van der Waals surface area contributed by atoms with Crippen molar-refractivity contribution in [2.45, 2.75) is 0 Å². The SMILES string of the molecule is OCCCl.[MgH2]. The van der Waals surface area contributed by atoms with E-state index in [4.69, 9.17) is 16.7 Å². The third-order valence-electron chi connectivity index (χ3n) is 0.0845. The molecule has 0 unspecified atom stereocenters. The van der Waals surface area contributed by atoms with Crippen LogP contribution in [0.15, 0.2) is 0 Å². The van der Waals surface area contributed by atoms with Crippen molar-refractivity contribution in [2.24, 2.45) is 0 Å². The highest BCUT2D eigenvalue weighted by Gasteiger charge is 1.60. The molecule has 0 saturated carbocycles. The highest BCUT2D eigenvalue weighted by Crippen LogP contribution is 1.63. The number of hydrogen-bond donors (Lipinski definition) is 1. The first-order valence-electron chi connectivity index (χ1n) is 1.08. The number of aliphatic hydroxyl groups excluding tert-OH is 1. The van der Waals surface area contributed by atoms with E-state index in [1.165, 1.54) is 0 Å². The normalized spacial score (nSPS) is 6.00. The van der Waals surface area contributed by atoms with E-state index in [0.29, 0.717) is 5.88 Å². The van der Waals surface area contributed by atoms with Crippen molar-refractivity contribution in [2.75, 3.05) is 12.5 Å². The smallest absolute Gasteiger partial charge is 0.316 e. The Morgan fingerprint density at radius 3 is 1.80 bits per heavy atom. The average molecular weight is 107 g/mol. The molecule has 0 spiro atoms. The molecule has 0 fully saturated rings. The number of alkyl halides is 1. The van der Waals surface area contributed by atoms with Gasteiger partial charge in [0.1, 0.15) is 0 Å². The molecule has 0 rings (SSSR count). The summed E-state index contributed by atoms with van der Waals surface area (Å²) in [6.45, 7) is 0.0849. The highest BCUT2D eigenvalue weighted by molar-refractivity contribution is 6.17. The molecule has 0 aliphatic carbocycles. The molecule has 0 heterocycles. The molecule has 0 aliphatic rings. The van der Waals surface area contributed by atoms with Crippen molar-refractivity contribution in [1.29, 1.82) is 0 Å². The molecule has 0 bridgehead atoms. The largest absolute Gasteiger partial charge is 0.395 e. The van der Waals surface area contributed by atoms with Gasteiger partial charge in [-0.15, -0.1) is 11.6 Å². The van der Waals surface area contributed by atoms with E-state index in [9.17, 15) is 0 Å². The fourth-order valence-electron chi connectivity index (χ4n) is 0. The van der Waals surface area contributed by atoms with Gasteiger partial charge in [0.25, 0.3) is 0 Å². The van der Waals surface area contributed by atoms with E-state index in [1.54, 1.807) is 0 Å². The van der Waals surface area contributed by atoms with Crippen LogP contribution >= 0.6 is 11.6 Å². The Kier molecular flexibility index (Phi) is 16.7. The van der Waals surface area contributed by atoms with Gasteiger partial charge in [-0.2, -0.15) is 0 Å². The molecule has 0 aliphatic heterocycles. The summed E-state index contributed by atoms with van der Waals surface area (Å²) >= 11 is 4.94. The molecule has 0 aromatic carbocycles. The first kappa shape index (κ1) is 9.39. The van der Waals surface area contributed by atoms with Gasteiger partial charge in [-0.3, -0.25) is 0 Å². The zero-order valence-corrected chi connectivity index (χ0v) is 3.00. The van der Waals surface area contributed by atoms with Crippen LogP contribution in [0, 0.1) is 0 Å². The van der Waals surface area contributed by atoms with Crippen LogP contribution in [0.2, 0.25) is 0 Å². The van der Waals surface area contributed by atoms with Gasteiger partial charge in [-0.25, -0.2) is 0 Å². The summed E-state index contributed by atoms with van der Waals surface area (Å²) in [5.41, 5.74) is 0. The van der Waals surface area contributed by atoms with Crippen LogP contribution in [0.3, 0.4) is 0 Å². The van der Waals surface area contributed by atoms with Crippen LogP contribution in [0.4, 0.5) is 0 Å². The van der Waals surface area contributed by atoms with Gasteiger partial charge >= 0.3 is 23.1 Å². The number of hydrogen-bond acceptors (Lipinski definition) is 1. The van der Waals surface area contributed by atoms with E-state index < -0.39 is 0 Å². The molecule has 0 saturated heterocycles. The minimum absolute atomic E-state index is 0. The van der Waals surface area contributed by atoms with E-state index in [2.05, 4.69) is 0 Å². The Bertz CT molecular complexity index is 11.6. The van der Waals surface area contributed by atoms with Crippen LogP contribution in [0.1, 0.15) is 0 Å². The third kappa shape index (κ3) is 11.2. The summed E-state index contributed by atoms with van der Waals surface area (Å²) in [5.74, 6) is 0.347. The molecule has 30 valence electrons. The fraction of sp³-hybridized carbons (Fsp3) is 1.00. The minimum atomic E-state index is 0. The lowest BCUT2D eigenvalue weighted by Gasteiger charge is -1.67. The maximum Gasteiger partial charge on any atom is 0.316 e. The van der Waals surface area contributed by atoms with E-state index in [1.807, 2.05) is 0 Å². The molecule has 1 nitrogen and oxygen atoms in total. The van der Waals surface area contributed by atoms with Crippen molar-refractivity contribution >= 4 is 34.7 Å². The van der Waals surface area contributed by atoms with Crippen molar-refractivity contribution < 1.29 is 5.11 Å². The van der Waals surface area contributed by atoms with Crippen molar-refractivity contribution in [3.8, 4) is 0 Å². The first-order chi connectivity index (χ1) is 1.91. The van der Waals surface area contributed by atoms with E-state index in [-0.39, 0.29) is 29.7 Å². The van der Waals surface area contributed by atoms with Gasteiger partial charge < -0.3 is 5.11 Å². The maximum absolute atomic E-state index is 7.74. The molecular formula is C2H7ClMgO. The van der Waals surface area contributed by atoms with E-state index in [0.717, 1.165) is 0 Å². The van der Waals surface area contributed by atoms with Crippen LogP contribution < -0.4 is 0 Å². The maximum atomic E-state index is 7.74. The molecule has 0 amide bonds. The summed E-state index contributed by atoms with van der Waals surface area (Å²) in [4.78, 5) is 0. The molecule has 0 radical (unpaired) electrons. The second-order valence-corrected chi connectivity index (χ2v) is 0.791. The lowest BCUT2D eigenvalue weighted by molar-refractivity contribution is 0.321. The quantitative estimate of drug-likeness (QED) is 0.347. The van der Waals surface area contributed by atoms with E-state index >= 15 is 0 Å². The predicted octanol–water partition coefficient (Wildman–Crippen LogP) is -0.699. The standard InChI is InChI=1S/C2H5ClO.Mg.2H/c3-1-2-4;;;/h4H,1-2H2;;;. The molecule has 5 heavy (non-hydrogen) atoms. The van der Waals surface area contributed by atoms with Crippen molar-refractivity contribution in [3.63, 3.8) is 0 Å². The molecule has 0 aromatic heterocycles. The number of rotatable bonds is 1. The van der Waals surface area contributed by atoms with Crippen LogP contribution in [0.25, 0.3) is 0 Å². The summed E-state index contributed by atoms with van der Waals surface area (Å²) in [6, 6.07) is 0. The van der Waals surface area contributed by atoms with Gasteiger partial charge in [0.2, 0.25) is 0 Å². The van der Waals surface area contributed by atoms with Gasteiger partial charge in [0.05, 0.1) is 6.61 Å². The molecular weight excluding hydrogens is 99.8 g/mol. The predicted molar refractivity (Wildman–Crippen MR) is 26.3 cm³/mol. The first-order valence-corrected chi connectivity index (χ1v) is 1.62. The molecule has 3 heteroatoms.